The first-order valence-electron chi connectivity index (χ1n) is 11.9. The fraction of sp³-hybridized carbons (Fsp3) is 0.259. The lowest BCUT2D eigenvalue weighted by Gasteiger charge is -2.32. The van der Waals surface area contributed by atoms with E-state index in [9.17, 15) is 32.9 Å². The zero-order valence-electron chi connectivity index (χ0n) is 20.2. The summed E-state index contributed by atoms with van der Waals surface area (Å²) in [6.07, 6.45) is -3.76. The van der Waals surface area contributed by atoms with Gasteiger partial charge >= 0.3 is 12.2 Å². The van der Waals surface area contributed by atoms with Crippen molar-refractivity contribution in [1.29, 1.82) is 0 Å². The van der Waals surface area contributed by atoms with E-state index in [0.29, 0.717) is 36.1 Å². The topological polar surface area (TPSA) is 119 Å². The van der Waals surface area contributed by atoms with Gasteiger partial charge in [-0.15, -0.1) is 0 Å². The van der Waals surface area contributed by atoms with Gasteiger partial charge in [-0.05, 0) is 52.8 Å². The Bertz CT molecular complexity index is 1340. The molecule has 0 radical (unpaired) electrons. The van der Waals surface area contributed by atoms with E-state index in [1.54, 1.807) is 0 Å². The third-order valence-corrected chi connectivity index (χ3v) is 6.52. The lowest BCUT2D eigenvalue weighted by atomic mass is 9.89. The highest BCUT2D eigenvalue weighted by atomic mass is 19.4. The number of carbonyl (C=O) groups is 2. The molecule has 3 amide bonds. The van der Waals surface area contributed by atoms with Crippen molar-refractivity contribution in [2.24, 2.45) is 5.73 Å². The average Bonchev–Trinajstić information content (AvgIpc) is 2.89. The van der Waals surface area contributed by atoms with Crippen molar-refractivity contribution in [3.63, 3.8) is 0 Å². The summed E-state index contributed by atoms with van der Waals surface area (Å²) >= 11 is 0. The van der Waals surface area contributed by atoms with E-state index in [2.05, 4.69) is 5.32 Å². The molecule has 0 saturated carbocycles. The standard InChI is InChI=1S/C27H25F3N4O4/c28-27(29,30)20-8-6-17(7-9-20)23-15-21(34(37)38)14-19-16-33(13-12-22(19)23)26(36)32-24(10-11-25(31)35)18-4-2-1-3-5-18/h1-9,14-15,24H,10-13,16H2,(H2,31,35)(H,32,36)/t24-/m0/s1. The second kappa shape index (κ2) is 10.9. The summed E-state index contributed by atoms with van der Waals surface area (Å²) in [5.41, 5.74) is 7.25. The molecule has 8 nitrogen and oxygen atoms in total. The maximum atomic E-state index is 13.2. The number of nitrogens with zero attached hydrogens (tertiary/aromatic N) is 2. The number of hydrogen-bond donors (Lipinski definition) is 2. The molecule has 3 aromatic rings. The van der Waals surface area contributed by atoms with Crippen molar-refractivity contribution in [2.75, 3.05) is 6.54 Å². The van der Waals surface area contributed by atoms with Crippen LogP contribution in [-0.2, 0) is 23.9 Å². The minimum atomic E-state index is -4.50. The molecule has 1 aliphatic heterocycles. The zero-order valence-corrected chi connectivity index (χ0v) is 20.2. The first kappa shape index (κ1) is 26.6. The third kappa shape index (κ3) is 6.10. The van der Waals surface area contributed by atoms with Gasteiger partial charge in [0, 0.05) is 31.6 Å². The van der Waals surface area contributed by atoms with Gasteiger partial charge in [-0.1, -0.05) is 42.5 Å². The first-order valence-corrected chi connectivity index (χ1v) is 11.9. The summed E-state index contributed by atoms with van der Waals surface area (Å²) in [5, 5.41) is 14.6. The van der Waals surface area contributed by atoms with Crippen LogP contribution >= 0.6 is 0 Å². The van der Waals surface area contributed by atoms with Crippen molar-refractivity contribution < 1.29 is 27.7 Å². The number of carbonyl (C=O) groups excluding carboxylic acids is 2. The summed E-state index contributed by atoms with van der Waals surface area (Å²) in [5.74, 6) is -0.491. The van der Waals surface area contributed by atoms with E-state index < -0.39 is 34.6 Å². The quantitative estimate of drug-likeness (QED) is 0.318. The third-order valence-electron chi connectivity index (χ3n) is 6.52. The van der Waals surface area contributed by atoms with Crippen LogP contribution in [0.25, 0.3) is 11.1 Å². The van der Waals surface area contributed by atoms with Crippen LogP contribution in [0.15, 0.2) is 66.7 Å². The van der Waals surface area contributed by atoms with Crippen molar-refractivity contribution in [1.82, 2.24) is 10.2 Å². The fourth-order valence-corrected chi connectivity index (χ4v) is 4.59. The minimum absolute atomic E-state index is 0.0748. The minimum Gasteiger partial charge on any atom is -0.370 e. The number of rotatable bonds is 7. The van der Waals surface area contributed by atoms with Crippen LogP contribution in [0.1, 0.15) is 41.1 Å². The Balaban J connectivity index is 1.60. The molecule has 3 aromatic carbocycles. The molecule has 38 heavy (non-hydrogen) atoms. The first-order chi connectivity index (χ1) is 18.0. The van der Waals surface area contributed by atoms with Crippen molar-refractivity contribution in [2.45, 2.75) is 38.0 Å². The Hall–Kier alpha value is -4.41. The Morgan fingerprint density at radius 2 is 1.76 bits per heavy atom. The SMILES string of the molecule is NC(=O)CC[C@H](NC(=O)N1CCc2c(cc([N+](=O)[O-])cc2-c2ccc(C(F)(F)F)cc2)C1)c1ccccc1. The predicted molar refractivity (Wildman–Crippen MR) is 134 cm³/mol. The van der Waals surface area contributed by atoms with Gasteiger partial charge in [-0.25, -0.2) is 4.79 Å². The Morgan fingerprint density at radius 3 is 2.37 bits per heavy atom. The molecule has 1 aliphatic rings. The Labute approximate surface area is 216 Å². The second-order valence-electron chi connectivity index (χ2n) is 9.05. The molecule has 1 atom stereocenters. The van der Waals surface area contributed by atoms with Gasteiger partial charge in [0.2, 0.25) is 5.91 Å². The molecule has 0 unspecified atom stereocenters. The fourth-order valence-electron chi connectivity index (χ4n) is 4.59. The summed E-state index contributed by atoms with van der Waals surface area (Å²) < 4.78 is 39.0. The number of alkyl halides is 3. The van der Waals surface area contributed by atoms with Gasteiger partial charge in [-0.2, -0.15) is 13.2 Å². The number of nitrogens with two attached hydrogens (primary N) is 1. The number of amides is 3. The molecular formula is C27H25F3N4O4. The number of halogens is 3. The number of nitro groups is 1. The van der Waals surface area contributed by atoms with Crippen molar-refractivity contribution in [3.8, 4) is 11.1 Å². The van der Waals surface area contributed by atoms with Crippen LogP contribution in [0.2, 0.25) is 0 Å². The summed E-state index contributed by atoms with van der Waals surface area (Å²) in [6, 6.07) is 15.5. The number of nitro benzene ring substituents is 1. The van der Waals surface area contributed by atoms with Crippen molar-refractivity contribution in [3.05, 3.63) is 99.1 Å². The molecule has 0 saturated heterocycles. The van der Waals surface area contributed by atoms with E-state index in [1.807, 2.05) is 30.3 Å². The van der Waals surface area contributed by atoms with Crippen LogP contribution < -0.4 is 11.1 Å². The molecule has 4 rings (SSSR count). The largest absolute Gasteiger partial charge is 0.416 e. The molecule has 0 bridgehead atoms. The number of urea groups is 1. The van der Waals surface area contributed by atoms with E-state index in [-0.39, 0.29) is 18.7 Å². The summed E-state index contributed by atoms with van der Waals surface area (Å²) in [4.78, 5) is 37.1. The van der Waals surface area contributed by atoms with Crippen LogP contribution in [0.3, 0.4) is 0 Å². The summed E-state index contributed by atoms with van der Waals surface area (Å²) in [6.45, 7) is 0.370. The number of benzene rings is 3. The highest BCUT2D eigenvalue weighted by molar-refractivity contribution is 5.78. The number of hydrogen-bond acceptors (Lipinski definition) is 4. The van der Waals surface area contributed by atoms with E-state index in [0.717, 1.165) is 23.3 Å². The van der Waals surface area contributed by atoms with E-state index in [1.165, 1.54) is 29.2 Å². The van der Waals surface area contributed by atoms with Crippen LogP contribution in [-0.4, -0.2) is 28.3 Å². The Morgan fingerprint density at radius 1 is 1.08 bits per heavy atom. The van der Waals surface area contributed by atoms with Gasteiger partial charge in [0.05, 0.1) is 16.5 Å². The van der Waals surface area contributed by atoms with Crippen LogP contribution in [0, 0.1) is 10.1 Å². The number of non-ortho nitro benzene ring substituents is 1. The molecule has 0 fully saturated rings. The van der Waals surface area contributed by atoms with E-state index >= 15 is 0 Å². The highest BCUT2D eigenvalue weighted by Gasteiger charge is 2.31. The van der Waals surface area contributed by atoms with E-state index in [4.69, 9.17) is 5.73 Å². The maximum absolute atomic E-state index is 13.2. The highest BCUT2D eigenvalue weighted by Crippen LogP contribution is 2.36. The number of fused-ring (bicyclic) bond motifs is 1. The summed E-state index contributed by atoms with van der Waals surface area (Å²) in [7, 11) is 0. The second-order valence-corrected chi connectivity index (χ2v) is 9.05. The van der Waals surface area contributed by atoms with Crippen LogP contribution in [0.4, 0.5) is 23.7 Å². The Kier molecular flexibility index (Phi) is 7.65. The zero-order chi connectivity index (χ0) is 27.4. The molecule has 11 heteroatoms. The molecule has 1 heterocycles. The molecule has 0 aromatic heterocycles. The number of nitrogens with one attached hydrogen (secondary N) is 1. The smallest absolute Gasteiger partial charge is 0.370 e. The lowest BCUT2D eigenvalue weighted by Crippen LogP contribution is -2.44. The lowest BCUT2D eigenvalue weighted by molar-refractivity contribution is -0.384. The predicted octanol–water partition coefficient (Wildman–Crippen LogP) is 5.36. The van der Waals surface area contributed by atoms with Gasteiger partial charge in [0.15, 0.2) is 0 Å². The van der Waals surface area contributed by atoms with Gasteiger partial charge in [-0.3, -0.25) is 14.9 Å². The normalized spacial score (nSPS) is 13.9. The van der Waals surface area contributed by atoms with Crippen molar-refractivity contribution >= 4 is 17.6 Å². The van der Waals surface area contributed by atoms with Gasteiger partial charge in [0.25, 0.3) is 5.69 Å². The van der Waals surface area contributed by atoms with Crippen LogP contribution in [0.5, 0.6) is 0 Å². The molecule has 198 valence electrons. The van der Waals surface area contributed by atoms with Gasteiger partial charge in [0.1, 0.15) is 0 Å². The average molecular weight is 527 g/mol. The molecule has 0 spiro atoms. The maximum Gasteiger partial charge on any atom is 0.416 e. The molecule has 0 aliphatic carbocycles. The number of primary amides is 1. The monoisotopic (exact) mass is 526 g/mol. The molecule has 3 N–H and O–H groups in total. The van der Waals surface area contributed by atoms with Gasteiger partial charge < -0.3 is 16.0 Å². The molecular weight excluding hydrogens is 501 g/mol.